The number of carbonyl (C=O) groups excluding carboxylic acids is 2. The van der Waals surface area contributed by atoms with Crippen molar-refractivity contribution in [2.75, 3.05) is 30.3 Å². The molecule has 0 saturated carbocycles. The lowest BCUT2D eigenvalue weighted by Crippen LogP contribution is -2.42. The van der Waals surface area contributed by atoms with Crippen molar-refractivity contribution in [3.63, 3.8) is 0 Å². The molecule has 0 spiro atoms. The van der Waals surface area contributed by atoms with Crippen molar-refractivity contribution >= 4 is 23.4 Å². The molecule has 1 aliphatic heterocycles. The smallest absolute Gasteiger partial charge is 0.413 e. The highest BCUT2D eigenvalue weighted by Crippen LogP contribution is 2.30. The number of nitrogen functional groups attached to an aromatic ring is 1. The maximum Gasteiger partial charge on any atom is 0.413 e. The Morgan fingerprint density at radius 1 is 1.45 bits per heavy atom. The highest BCUT2D eigenvalue weighted by atomic mass is 16.5. The minimum absolute atomic E-state index is 0.120. The topological polar surface area (TPSA) is 84.7 Å². The van der Waals surface area contributed by atoms with E-state index in [1.807, 2.05) is 23.1 Å². The molecule has 108 valence electrons. The molecule has 0 aromatic heterocycles. The number of amides is 2. The number of nitrogens with one attached hydrogen (secondary N) is 1. The Hall–Kier alpha value is -2.24. The van der Waals surface area contributed by atoms with Crippen LogP contribution in [0.2, 0.25) is 0 Å². The summed E-state index contributed by atoms with van der Waals surface area (Å²) in [5, 5.41) is 2.20. The molecule has 0 atom stereocenters. The zero-order valence-electron chi connectivity index (χ0n) is 11.5. The van der Waals surface area contributed by atoms with Crippen molar-refractivity contribution < 1.29 is 14.3 Å². The van der Waals surface area contributed by atoms with Gasteiger partial charge in [-0.25, -0.2) is 4.79 Å². The first-order valence-electron chi connectivity index (χ1n) is 6.70. The minimum atomic E-state index is -0.706. The van der Waals surface area contributed by atoms with Crippen molar-refractivity contribution in [1.82, 2.24) is 5.32 Å². The third-order valence-corrected chi connectivity index (χ3v) is 3.23. The summed E-state index contributed by atoms with van der Waals surface area (Å²) < 4.78 is 4.68. The van der Waals surface area contributed by atoms with Gasteiger partial charge in [0, 0.05) is 17.9 Å². The predicted molar refractivity (Wildman–Crippen MR) is 76.6 cm³/mol. The number of carbonyl (C=O) groups is 2. The molecule has 0 unspecified atom stereocenters. The lowest BCUT2D eigenvalue weighted by molar-refractivity contribution is -0.119. The first kappa shape index (κ1) is 14.2. The van der Waals surface area contributed by atoms with E-state index in [9.17, 15) is 9.59 Å². The quantitative estimate of drug-likeness (QED) is 0.813. The van der Waals surface area contributed by atoms with E-state index in [0.29, 0.717) is 0 Å². The summed E-state index contributed by atoms with van der Waals surface area (Å²) in [5.41, 5.74) is 8.74. The molecule has 1 aromatic rings. The van der Waals surface area contributed by atoms with E-state index in [2.05, 4.69) is 10.1 Å². The largest absolute Gasteiger partial charge is 0.450 e. The van der Waals surface area contributed by atoms with Crippen LogP contribution in [0.3, 0.4) is 0 Å². The molecule has 0 fully saturated rings. The van der Waals surface area contributed by atoms with Crippen LogP contribution in [0.25, 0.3) is 0 Å². The maximum atomic E-state index is 11.8. The van der Waals surface area contributed by atoms with Crippen LogP contribution < -0.4 is 16.0 Å². The molecule has 1 aliphatic rings. The summed E-state index contributed by atoms with van der Waals surface area (Å²) in [6.07, 6.45) is 1.15. The number of fused-ring (bicyclic) bond motifs is 1. The Labute approximate surface area is 117 Å². The Morgan fingerprint density at radius 3 is 3.00 bits per heavy atom. The Kier molecular flexibility index (Phi) is 4.45. The molecule has 20 heavy (non-hydrogen) atoms. The van der Waals surface area contributed by atoms with Crippen LogP contribution in [0, 0.1) is 0 Å². The average molecular weight is 277 g/mol. The third kappa shape index (κ3) is 3.20. The minimum Gasteiger partial charge on any atom is -0.450 e. The number of hydrogen-bond acceptors (Lipinski definition) is 5. The zero-order valence-corrected chi connectivity index (χ0v) is 11.5. The van der Waals surface area contributed by atoms with Gasteiger partial charge in [0.1, 0.15) is 0 Å². The summed E-state index contributed by atoms with van der Waals surface area (Å²) in [6, 6.07) is 5.68. The van der Waals surface area contributed by atoms with Crippen LogP contribution in [-0.2, 0) is 16.0 Å². The highest BCUT2D eigenvalue weighted by Gasteiger charge is 2.21. The van der Waals surface area contributed by atoms with Crippen molar-refractivity contribution in [3.05, 3.63) is 23.8 Å². The molecule has 0 aliphatic carbocycles. The molecule has 6 nitrogen and oxygen atoms in total. The molecule has 1 heterocycles. The van der Waals surface area contributed by atoms with Gasteiger partial charge in [0.2, 0.25) is 5.91 Å². The van der Waals surface area contributed by atoms with E-state index in [0.717, 1.165) is 36.3 Å². The van der Waals surface area contributed by atoms with Gasteiger partial charge in [-0.1, -0.05) is 6.07 Å². The third-order valence-electron chi connectivity index (χ3n) is 3.23. The number of benzene rings is 1. The molecular formula is C14H19N3O3. The standard InChI is InChI=1S/C14H19N3O3/c1-2-20-14(19)16-13(18)9-17-8-4-5-10-11(15)6-3-7-12(10)17/h3,6-7H,2,4-5,8-9,15H2,1H3,(H,16,18,19). The van der Waals surface area contributed by atoms with Crippen molar-refractivity contribution in [3.8, 4) is 0 Å². The van der Waals surface area contributed by atoms with Crippen LogP contribution in [0.4, 0.5) is 16.2 Å². The van der Waals surface area contributed by atoms with Crippen molar-refractivity contribution in [1.29, 1.82) is 0 Å². The van der Waals surface area contributed by atoms with Gasteiger partial charge < -0.3 is 15.4 Å². The Bertz CT molecular complexity index is 516. The maximum absolute atomic E-state index is 11.8. The monoisotopic (exact) mass is 277 g/mol. The SMILES string of the molecule is CCOC(=O)NC(=O)CN1CCCc2c(N)cccc21. The van der Waals surface area contributed by atoms with E-state index in [1.165, 1.54) is 0 Å². The van der Waals surface area contributed by atoms with Gasteiger partial charge in [-0.05, 0) is 37.5 Å². The second-order valence-corrected chi connectivity index (χ2v) is 4.64. The first-order valence-corrected chi connectivity index (χ1v) is 6.70. The molecule has 6 heteroatoms. The Morgan fingerprint density at radius 2 is 2.25 bits per heavy atom. The lowest BCUT2D eigenvalue weighted by atomic mass is 10.00. The molecule has 1 aromatic carbocycles. The molecule has 0 radical (unpaired) electrons. The lowest BCUT2D eigenvalue weighted by Gasteiger charge is -2.31. The van der Waals surface area contributed by atoms with Crippen LogP contribution in [-0.4, -0.2) is 31.7 Å². The molecule has 2 amide bonds. The van der Waals surface area contributed by atoms with E-state index in [4.69, 9.17) is 5.73 Å². The van der Waals surface area contributed by atoms with Crippen molar-refractivity contribution in [2.45, 2.75) is 19.8 Å². The molecule has 2 rings (SSSR count). The second kappa shape index (κ2) is 6.27. The summed E-state index contributed by atoms with van der Waals surface area (Å²) in [5.74, 6) is -0.376. The number of hydrogen-bond donors (Lipinski definition) is 2. The fourth-order valence-corrected chi connectivity index (χ4v) is 2.39. The number of imide groups is 1. The zero-order chi connectivity index (χ0) is 14.5. The summed E-state index contributed by atoms with van der Waals surface area (Å²) in [4.78, 5) is 24.9. The summed E-state index contributed by atoms with van der Waals surface area (Å²) in [6.45, 7) is 2.82. The molecule has 3 N–H and O–H groups in total. The van der Waals surface area contributed by atoms with Gasteiger partial charge in [0.15, 0.2) is 0 Å². The fraction of sp³-hybridized carbons (Fsp3) is 0.429. The number of rotatable bonds is 3. The van der Waals surface area contributed by atoms with Crippen LogP contribution >= 0.6 is 0 Å². The van der Waals surface area contributed by atoms with E-state index in [1.54, 1.807) is 6.92 Å². The number of ether oxygens (including phenoxy) is 1. The Balaban J connectivity index is 2.03. The van der Waals surface area contributed by atoms with Crippen LogP contribution in [0.1, 0.15) is 18.9 Å². The van der Waals surface area contributed by atoms with Gasteiger partial charge in [0.25, 0.3) is 0 Å². The van der Waals surface area contributed by atoms with E-state index in [-0.39, 0.29) is 19.1 Å². The van der Waals surface area contributed by atoms with Crippen LogP contribution in [0.15, 0.2) is 18.2 Å². The molecular weight excluding hydrogens is 258 g/mol. The van der Waals surface area contributed by atoms with Crippen LogP contribution in [0.5, 0.6) is 0 Å². The first-order chi connectivity index (χ1) is 9.61. The number of alkyl carbamates (subject to hydrolysis) is 1. The van der Waals surface area contributed by atoms with Crippen molar-refractivity contribution in [2.24, 2.45) is 0 Å². The normalized spacial score (nSPS) is 13.6. The number of nitrogens with zero attached hydrogens (tertiary/aromatic N) is 1. The highest BCUT2D eigenvalue weighted by molar-refractivity contribution is 5.94. The van der Waals surface area contributed by atoms with Gasteiger partial charge in [-0.3, -0.25) is 10.1 Å². The van der Waals surface area contributed by atoms with Gasteiger partial charge >= 0.3 is 6.09 Å². The van der Waals surface area contributed by atoms with E-state index >= 15 is 0 Å². The summed E-state index contributed by atoms with van der Waals surface area (Å²) in [7, 11) is 0. The van der Waals surface area contributed by atoms with Gasteiger partial charge in [0.05, 0.1) is 13.2 Å². The number of nitrogens with two attached hydrogens (primary N) is 1. The number of anilines is 2. The van der Waals surface area contributed by atoms with E-state index < -0.39 is 6.09 Å². The molecule has 0 bridgehead atoms. The summed E-state index contributed by atoms with van der Waals surface area (Å²) >= 11 is 0. The predicted octanol–water partition coefficient (Wildman–Crippen LogP) is 1.29. The average Bonchev–Trinajstić information content (AvgIpc) is 2.40. The fourth-order valence-electron chi connectivity index (χ4n) is 2.39. The van der Waals surface area contributed by atoms with Gasteiger partial charge in [-0.15, -0.1) is 0 Å². The second-order valence-electron chi connectivity index (χ2n) is 4.64. The van der Waals surface area contributed by atoms with Gasteiger partial charge in [-0.2, -0.15) is 0 Å². The molecule has 0 saturated heterocycles.